The number of carbonyl (C=O) groups excluding carboxylic acids is 2. The number of aryl methyl sites for hydroxylation is 1. The summed E-state index contributed by atoms with van der Waals surface area (Å²) >= 11 is 13.4. The van der Waals surface area contributed by atoms with Gasteiger partial charge in [-0.2, -0.15) is 0 Å². The Bertz CT molecular complexity index is 794. The van der Waals surface area contributed by atoms with Gasteiger partial charge in [-0.1, -0.05) is 23.2 Å². The van der Waals surface area contributed by atoms with E-state index in [1.807, 2.05) is 25.4 Å². The Morgan fingerprint density at radius 1 is 1.19 bits per heavy atom. The average Bonchev–Trinajstić information content (AvgIpc) is 2.95. The lowest BCUT2D eigenvalue weighted by Crippen LogP contribution is -3.11. The lowest BCUT2D eigenvalue weighted by molar-refractivity contribution is -0.862. The zero-order chi connectivity index (χ0) is 19.3. The van der Waals surface area contributed by atoms with Crippen LogP contribution in [0.25, 0.3) is 0 Å². The molecule has 0 bridgehead atoms. The number of rotatable bonds is 7. The molecule has 0 spiro atoms. The second-order valence-corrected chi connectivity index (χ2v) is 8.08. The number of benzene rings is 1. The molecule has 2 rings (SSSR count). The highest BCUT2D eigenvalue weighted by Crippen LogP contribution is 2.24. The van der Waals surface area contributed by atoms with Gasteiger partial charge in [0.05, 0.1) is 23.6 Å². The molecule has 2 amide bonds. The lowest BCUT2D eigenvalue weighted by Gasteiger charge is -2.19. The number of amides is 2. The van der Waals surface area contributed by atoms with E-state index < -0.39 is 0 Å². The standard InChI is InChI=1S/C18H21Cl2N3O2S/c1-12-6-7-26-16(12)9-23(3)18(25)11-22(2)10-17(24)21-13-4-5-14(19)15(20)8-13/h4-8H,9-11H2,1-3H3,(H,21,24)/p+1. The minimum Gasteiger partial charge on any atom is -0.336 e. The molecule has 1 unspecified atom stereocenters. The minimum absolute atomic E-state index is 0.00219. The van der Waals surface area contributed by atoms with E-state index in [0.717, 1.165) is 4.90 Å². The van der Waals surface area contributed by atoms with Gasteiger partial charge in [0.2, 0.25) is 0 Å². The smallest absolute Gasteiger partial charge is 0.279 e. The van der Waals surface area contributed by atoms with Crippen LogP contribution in [0.1, 0.15) is 10.4 Å². The highest BCUT2D eigenvalue weighted by Gasteiger charge is 2.18. The molecule has 2 N–H and O–H groups in total. The van der Waals surface area contributed by atoms with Gasteiger partial charge < -0.3 is 15.1 Å². The van der Waals surface area contributed by atoms with E-state index in [4.69, 9.17) is 23.2 Å². The molecular formula is C18H22Cl2N3O2S+. The highest BCUT2D eigenvalue weighted by molar-refractivity contribution is 7.10. The first kappa shape index (κ1) is 20.7. The molecule has 1 heterocycles. The molecule has 5 nitrogen and oxygen atoms in total. The molecule has 0 saturated heterocycles. The van der Waals surface area contributed by atoms with Gasteiger partial charge in [0, 0.05) is 17.6 Å². The number of anilines is 1. The van der Waals surface area contributed by atoms with E-state index in [1.165, 1.54) is 10.4 Å². The van der Waals surface area contributed by atoms with Crippen LogP contribution in [-0.4, -0.2) is 43.9 Å². The third kappa shape index (κ3) is 5.99. The molecule has 140 valence electrons. The van der Waals surface area contributed by atoms with Crippen LogP contribution in [0.4, 0.5) is 5.69 Å². The van der Waals surface area contributed by atoms with Crippen molar-refractivity contribution in [1.29, 1.82) is 0 Å². The number of quaternary nitrogens is 1. The van der Waals surface area contributed by atoms with Gasteiger partial charge in [-0.05, 0) is 42.1 Å². The quantitative estimate of drug-likeness (QED) is 0.730. The van der Waals surface area contributed by atoms with E-state index >= 15 is 0 Å². The molecule has 0 radical (unpaired) electrons. The summed E-state index contributed by atoms with van der Waals surface area (Å²) in [4.78, 5) is 28.2. The molecule has 8 heteroatoms. The summed E-state index contributed by atoms with van der Waals surface area (Å²) in [6.45, 7) is 3.05. The summed E-state index contributed by atoms with van der Waals surface area (Å²) in [5, 5.41) is 5.60. The summed E-state index contributed by atoms with van der Waals surface area (Å²) in [5.41, 5.74) is 1.77. The van der Waals surface area contributed by atoms with Crippen LogP contribution in [0.3, 0.4) is 0 Å². The van der Waals surface area contributed by atoms with Crippen molar-refractivity contribution < 1.29 is 14.5 Å². The number of carbonyl (C=O) groups is 2. The first-order valence-electron chi connectivity index (χ1n) is 8.09. The number of halogens is 2. The Hall–Kier alpha value is -1.60. The summed E-state index contributed by atoms with van der Waals surface area (Å²) < 4.78 is 0. The first-order valence-corrected chi connectivity index (χ1v) is 9.73. The zero-order valence-corrected chi connectivity index (χ0v) is 17.3. The van der Waals surface area contributed by atoms with E-state index in [0.29, 0.717) is 22.3 Å². The number of hydrogen-bond donors (Lipinski definition) is 2. The van der Waals surface area contributed by atoms with Crippen molar-refractivity contribution in [3.05, 3.63) is 50.1 Å². The second-order valence-electron chi connectivity index (χ2n) is 6.26. The molecule has 2 aromatic rings. The van der Waals surface area contributed by atoms with E-state index in [2.05, 4.69) is 5.32 Å². The number of thiophene rings is 1. The summed E-state index contributed by atoms with van der Waals surface area (Å²) in [6.07, 6.45) is 0. The van der Waals surface area contributed by atoms with Crippen molar-refractivity contribution in [2.24, 2.45) is 0 Å². The number of nitrogens with one attached hydrogen (secondary N) is 2. The third-order valence-corrected chi connectivity index (χ3v) is 5.64. The minimum atomic E-state index is -0.189. The molecule has 1 atom stereocenters. The van der Waals surface area contributed by atoms with Crippen molar-refractivity contribution >= 4 is 52.0 Å². The van der Waals surface area contributed by atoms with Crippen LogP contribution < -0.4 is 10.2 Å². The second kappa shape index (κ2) is 9.37. The Kier molecular flexibility index (Phi) is 7.46. The fourth-order valence-electron chi connectivity index (χ4n) is 2.38. The monoisotopic (exact) mass is 414 g/mol. The molecule has 26 heavy (non-hydrogen) atoms. The van der Waals surface area contributed by atoms with Crippen molar-refractivity contribution in [3.8, 4) is 0 Å². The van der Waals surface area contributed by atoms with Crippen LogP contribution in [0.15, 0.2) is 29.6 Å². The van der Waals surface area contributed by atoms with Gasteiger partial charge in [0.15, 0.2) is 13.1 Å². The maximum Gasteiger partial charge on any atom is 0.279 e. The molecule has 1 aromatic carbocycles. The van der Waals surface area contributed by atoms with Gasteiger partial charge in [-0.25, -0.2) is 0 Å². The summed E-state index contributed by atoms with van der Waals surface area (Å²) in [6, 6.07) is 6.95. The Morgan fingerprint density at radius 3 is 2.54 bits per heavy atom. The van der Waals surface area contributed by atoms with Crippen molar-refractivity contribution in [2.45, 2.75) is 13.5 Å². The van der Waals surface area contributed by atoms with Gasteiger partial charge >= 0.3 is 0 Å². The zero-order valence-electron chi connectivity index (χ0n) is 14.9. The first-order chi connectivity index (χ1) is 12.3. The normalized spacial score (nSPS) is 11.9. The van der Waals surface area contributed by atoms with Gasteiger partial charge in [-0.3, -0.25) is 9.59 Å². The topological polar surface area (TPSA) is 53.9 Å². The molecular weight excluding hydrogens is 393 g/mol. The van der Waals surface area contributed by atoms with Crippen LogP contribution in [0.5, 0.6) is 0 Å². The number of likely N-dealkylation sites (N-methyl/N-ethyl adjacent to an activating group) is 2. The lowest BCUT2D eigenvalue weighted by atomic mass is 10.3. The van der Waals surface area contributed by atoms with Gasteiger partial charge in [0.25, 0.3) is 11.8 Å². The Morgan fingerprint density at radius 2 is 1.92 bits per heavy atom. The molecule has 1 aromatic heterocycles. The van der Waals surface area contributed by atoms with Crippen molar-refractivity contribution in [2.75, 3.05) is 32.5 Å². The van der Waals surface area contributed by atoms with Gasteiger partial charge in [0.1, 0.15) is 0 Å². The SMILES string of the molecule is Cc1ccsc1CN(C)C(=O)C[NH+](C)CC(=O)Nc1ccc(Cl)c(Cl)c1. The molecule has 0 aliphatic heterocycles. The third-order valence-electron chi connectivity index (χ3n) is 3.89. The number of hydrogen-bond acceptors (Lipinski definition) is 3. The van der Waals surface area contributed by atoms with Crippen LogP contribution in [0, 0.1) is 6.92 Å². The molecule has 0 fully saturated rings. The average molecular weight is 415 g/mol. The largest absolute Gasteiger partial charge is 0.336 e. The van der Waals surface area contributed by atoms with Crippen LogP contribution >= 0.6 is 34.5 Å². The highest BCUT2D eigenvalue weighted by atomic mass is 35.5. The van der Waals surface area contributed by atoms with E-state index in [9.17, 15) is 9.59 Å². The van der Waals surface area contributed by atoms with E-state index in [-0.39, 0.29) is 24.9 Å². The summed E-state index contributed by atoms with van der Waals surface area (Å²) in [7, 11) is 3.60. The molecule has 0 saturated carbocycles. The maximum absolute atomic E-state index is 12.4. The fraction of sp³-hybridized carbons (Fsp3) is 0.333. The van der Waals surface area contributed by atoms with Crippen molar-refractivity contribution in [3.63, 3.8) is 0 Å². The molecule has 0 aliphatic carbocycles. The Balaban J connectivity index is 1.82. The van der Waals surface area contributed by atoms with Crippen LogP contribution in [-0.2, 0) is 16.1 Å². The van der Waals surface area contributed by atoms with Gasteiger partial charge in [-0.15, -0.1) is 11.3 Å². The van der Waals surface area contributed by atoms with Crippen molar-refractivity contribution in [1.82, 2.24) is 4.90 Å². The predicted molar refractivity (Wildman–Crippen MR) is 107 cm³/mol. The maximum atomic E-state index is 12.4. The number of nitrogens with zero attached hydrogens (tertiary/aromatic N) is 1. The fourth-order valence-corrected chi connectivity index (χ4v) is 3.64. The summed E-state index contributed by atoms with van der Waals surface area (Å²) in [5.74, 6) is -0.192. The van der Waals surface area contributed by atoms with Crippen LogP contribution in [0.2, 0.25) is 10.0 Å². The predicted octanol–water partition coefficient (Wildman–Crippen LogP) is 2.48. The Labute approximate surface area is 167 Å². The molecule has 0 aliphatic rings. The van der Waals surface area contributed by atoms with E-state index in [1.54, 1.807) is 41.5 Å².